The summed E-state index contributed by atoms with van der Waals surface area (Å²) in [4.78, 5) is 16.6. The zero-order valence-electron chi connectivity index (χ0n) is 18.9. The molecule has 0 radical (unpaired) electrons. The van der Waals surface area contributed by atoms with Crippen molar-refractivity contribution in [1.29, 1.82) is 0 Å². The van der Waals surface area contributed by atoms with Gasteiger partial charge in [-0.05, 0) is 93.2 Å². The van der Waals surface area contributed by atoms with Crippen molar-refractivity contribution in [3.63, 3.8) is 0 Å². The SMILES string of the molecule is CC(C)N(C)CCOc1ccc(C(=O)c2c(-c3ccc(O)cc3)sc3cc(O)ccc23)cc1. The van der Waals surface area contributed by atoms with Gasteiger partial charge in [0.2, 0.25) is 0 Å². The van der Waals surface area contributed by atoms with Crippen molar-refractivity contribution >= 4 is 27.2 Å². The lowest BCUT2D eigenvalue weighted by Crippen LogP contribution is -2.30. The first kappa shape index (κ1) is 22.8. The molecule has 0 unspecified atom stereocenters. The average molecular weight is 462 g/mol. The first-order valence-electron chi connectivity index (χ1n) is 10.9. The number of fused-ring (bicyclic) bond motifs is 1. The third-order valence-electron chi connectivity index (χ3n) is 5.74. The first-order chi connectivity index (χ1) is 15.8. The second kappa shape index (κ2) is 9.65. The number of carbonyl (C=O) groups excluding carboxylic acids is 1. The Bertz CT molecular complexity index is 1260. The summed E-state index contributed by atoms with van der Waals surface area (Å²) in [7, 11) is 2.06. The molecule has 0 aliphatic rings. The van der Waals surface area contributed by atoms with Crippen LogP contribution in [0.5, 0.6) is 17.2 Å². The van der Waals surface area contributed by atoms with Gasteiger partial charge in [-0.3, -0.25) is 4.79 Å². The summed E-state index contributed by atoms with van der Waals surface area (Å²) in [6.45, 7) is 5.68. The van der Waals surface area contributed by atoms with Gasteiger partial charge in [-0.25, -0.2) is 0 Å². The van der Waals surface area contributed by atoms with E-state index in [-0.39, 0.29) is 17.3 Å². The highest BCUT2D eigenvalue weighted by molar-refractivity contribution is 7.22. The number of benzene rings is 3. The molecule has 0 fully saturated rings. The maximum absolute atomic E-state index is 13.6. The van der Waals surface area contributed by atoms with Crippen LogP contribution >= 0.6 is 11.3 Å². The highest BCUT2D eigenvalue weighted by Gasteiger charge is 2.22. The van der Waals surface area contributed by atoms with Crippen LogP contribution in [-0.4, -0.2) is 47.1 Å². The minimum absolute atomic E-state index is 0.0962. The van der Waals surface area contributed by atoms with Crippen molar-refractivity contribution in [3.8, 4) is 27.7 Å². The number of carbonyl (C=O) groups is 1. The number of rotatable bonds is 8. The fourth-order valence-corrected chi connectivity index (χ4v) is 4.78. The van der Waals surface area contributed by atoms with Crippen molar-refractivity contribution in [2.75, 3.05) is 20.2 Å². The molecule has 6 heteroatoms. The Morgan fingerprint density at radius 2 is 1.64 bits per heavy atom. The van der Waals surface area contributed by atoms with Crippen molar-refractivity contribution in [2.24, 2.45) is 0 Å². The average Bonchev–Trinajstić information content (AvgIpc) is 3.17. The van der Waals surface area contributed by atoms with E-state index in [1.165, 1.54) is 11.3 Å². The highest BCUT2D eigenvalue weighted by atomic mass is 32.1. The third-order valence-corrected chi connectivity index (χ3v) is 6.94. The Kier molecular flexibility index (Phi) is 6.67. The maximum Gasteiger partial charge on any atom is 0.195 e. The van der Waals surface area contributed by atoms with Gasteiger partial charge >= 0.3 is 0 Å². The molecule has 0 bridgehead atoms. The summed E-state index contributed by atoms with van der Waals surface area (Å²) in [6, 6.07) is 19.5. The number of likely N-dealkylation sites (N-methyl/N-ethyl adjacent to an activating group) is 1. The molecule has 0 aliphatic carbocycles. The van der Waals surface area contributed by atoms with E-state index in [9.17, 15) is 15.0 Å². The molecule has 1 heterocycles. The molecule has 5 nitrogen and oxygen atoms in total. The Morgan fingerprint density at radius 3 is 2.30 bits per heavy atom. The molecular formula is C27H27NO4S. The number of nitrogens with zero attached hydrogens (tertiary/aromatic N) is 1. The number of ketones is 1. The number of phenolic OH excluding ortho intramolecular Hbond substituents is 2. The van der Waals surface area contributed by atoms with Gasteiger partial charge in [-0.15, -0.1) is 11.3 Å². The van der Waals surface area contributed by atoms with E-state index in [1.807, 2.05) is 12.1 Å². The fourth-order valence-electron chi connectivity index (χ4n) is 3.54. The molecule has 33 heavy (non-hydrogen) atoms. The van der Waals surface area contributed by atoms with E-state index in [4.69, 9.17) is 4.74 Å². The van der Waals surface area contributed by atoms with Crippen LogP contribution in [0.4, 0.5) is 0 Å². The largest absolute Gasteiger partial charge is 0.508 e. The summed E-state index contributed by atoms with van der Waals surface area (Å²) in [5.41, 5.74) is 1.99. The van der Waals surface area contributed by atoms with E-state index in [0.29, 0.717) is 23.8 Å². The van der Waals surface area contributed by atoms with Gasteiger partial charge in [-0.2, -0.15) is 0 Å². The predicted molar refractivity (Wildman–Crippen MR) is 134 cm³/mol. The van der Waals surface area contributed by atoms with Gasteiger partial charge in [0.05, 0.1) is 0 Å². The molecule has 1 aromatic heterocycles. The molecule has 0 spiro atoms. The summed E-state index contributed by atoms with van der Waals surface area (Å²) < 4.78 is 6.67. The zero-order valence-corrected chi connectivity index (χ0v) is 19.7. The Labute approximate surface area is 197 Å². The van der Waals surface area contributed by atoms with Crippen LogP contribution in [0.1, 0.15) is 29.8 Å². The lowest BCUT2D eigenvalue weighted by molar-refractivity contribution is 0.104. The molecular weight excluding hydrogens is 434 g/mol. The van der Waals surface area contributed by atoms with E-state index in [0.717, 1.165) is 32.8 Å². The smallest absolute Gasteiger partial charge is 0.195 e. The Morgan fingerprint density at radius 1 is 0.970 bits per heavy atom. The number of ether oxygens (including phenoxy) is 1. The van der Waals surface area contributed by atoms with Crippen LogP contribution in [0.3, 0.4) is 0 Å². The van der Waals surface area contributed by atoms with Crippen molar-refractivity contribution in [3.05, 3.63) is 77.9 Å². The third kappa shape index (κ3) is 5.02. The van der Waals surface area contributed by atoms with Crippen LogP contribution in [0.25, 0.3) is 20.5 Å². The van der Waals surface area contributed by atoms with Gasteiger partial charge in [-0.1, -0.05) is 0 Å². The number of hydrogen-bond donors (Lipinski definition) is 2. The summed E-state index contributed by atoms with van der Waals surface area (Å²) >= 11 is 1.45. The van der Waals surface area contributed by atoms with Crippen molar-refractivity contribution in [1.82, 2.24) is 4.90 Å². The molecule has 0 atom stereocenters. The topological polar surface area (TPSA) is 70.0 Å². The predicted octanol–water partition coefficient (Wildman–Crippen LogP) is 5.93. The van der Waals surface area contributed by atoms with Crippen LogP contribution in [0, 0.1) is 0 Å². The Hall–Kier alpha value is -3.35. The van der Waals surface area contributed by atoms with Crippen LogP contribution < -0.4 is 4.74 Å². The monoisotopic (exact) mass is 461 g/mol. The number of aromatic hydroxyl groups is 2. The van der Waals surface area contributed by atoms with Gasteiger partial charge < -0.3 is 19.8 Å². The molecule has 170 valence electrons. The maximum atomic E-state index is 13.6. The van der Waals surface area contributed by atoms with Gasteiger partial charge in [0, 0.05) is 38.7 Å². The van der Waals surface area contributed by atoms with E-state index in [2.05, 4.69) is 25.8 Å². The molecule has 3 aromatic carbocycles. The number of hydrogen-bond acceptors (Lipinski definition) is 6. The van der Waals surface area contributed by atoms with Crippen LogP contribution in [0.15, 0.2) is 66.7 Å². The second-order valence-corrected chi connectivity index (χ2v) is 9.36. The quantitative estimate of drug-likeness (QED) is 0.318. The summed E-state index contributed by atoms with van der Waals surface area (Å²) in [5.74, 6) is 0.953. The fraction of sp³-hybridized carbons (Fsp3) is 0.222. The number of phenols is 2. The van der Waals surface area contributed by atoms with Gasteiger partial charge in [0.25, 0.3) is 0 Å². The van der Waals surface area contributed by atoms with E-state index < -0.39 is 0 Å². The lowest BCUT2D eigenvalue weighted by atomic mass is 9.97. The minimum atomic E-state index is -0.0962. The summed E-state index contributed by atoms with van der Waals surface area (Å²) in [5, 5.41) is 20.4. The highest BCUT2D eigenvalue weighted by Crippen LogP contribution is 2.41. The molecule has 0 saturated heterocycles. The van der Waals surface area contributed by atoms with Crippen molar-refractivity contribution in [2.45, 2.75) is 19.9 Å². The lowest BCUT2D eigenvalue weighted by Gasteiger charge is -2.20. The first-order valence-corrected chi connectivity index (χ1v) is 11.7. The normalized spacial score (nSPS) is 11.4. The van der Waals surface area contributed by atoms with Crippen LogP contribution in [0.2, 0.25) is 0 Å². The van der Waals surface area contributed by atoms with Gasteiger partial charge in [0.15, 0.2) is 5.78 Å². The molecule has 0 aliphatic heterocycles. The van der Waals surface area contributed by atoms with E-state index >= 15 is 0 Å². The van der Waals surface area contributed by atoms with Gasteiger partial charge in [0.1, 0.15) is 23.9 Å². The minimum Gasteiger partial charge on any atom is -0.508 e. The summed E-state index contributed by atoms with van der Waals surface area (Å²) in [6.07, 6.45) is 0. The number of thiophene rings is 1. The molecule has 0 amide bonds. The molecule has 4 rings (SSSR count). The van der Waals surface area contributed by atoms with E-state index in [1.54, 1.807) is 54.6 Å². The Balaban J connectivity index is 1.63. The second-order valence-electron chi connectivity index (χ2n) is 8.31. The standard InChI is InChI=1S/C27H27NO4S/c1-17(2)28(3)14-15-32-22-11-6-18(7-12-22)26(31)25-23-13-10-21(30)16-24(23)33-27(25)19-4-8-20(29)9-5-19/h4-13,16-17,29-30H,14-15H2,1-3H3. The van der Waals surface area contributed by atoms with Crippen molar-refractivity contribution < 1.29 is 19.7 Å². The van der Waals surface area contributed by atoms with Crippen LogP contribution in [-0.2, 0) is 0 Å². The molecule has 0 saturated carbocycles. The zero-order chi connectivity index (χ0) is 23.5. The molecule has 2 N–H and O–H groups in total. The molecule has 4 aromatic rings.